The zero-order valence-electron chi connectivity index (χ0n) is 20.2. The van der Waals surface area contributed by atoms with Gasteiger partial charge in [-0.3, -0.25) is 4.90 Å². The minimum absolute atomic E-state index is 0. The van der Waals surface area contributed by atoms with E-state index >= 15 is 0 Å². The number of carbonyl (C=O) groups excluding carboxylic acids is 1. The molecule has 0 saturated carbocycles. The van der Waals surface area contributed by atoms with E-state index in [-0.39, 0.29) is 36.6 Å². The predicted octanol–water partition coefficient (Wildman–Crippen LogP) is 2.52. The van der Waals surface area contributed by atoms with Crippen molar-refractivity contribution < 1.29 is 19.1 Å². The summed E-state index contributed by atoms with van der Waals surface area (Å²) in [5.41, 5.74) is -1.64. The molecule has 1 atom stereocenters. The highest BCUT2D eigenvalue weighted by molar-refractivity contribution is 14.0. The topological polar surface area (TPSA) is 103 Å². The third-order valence-electron chi connectivity index (χ3n) is 4.90. The summed E-state index contributed by atoms with van der Waals surface area (Å²) in [6.45, 7) is 16.6. The number of carbonyl (C=O) groups is 1. The van der Waals surface area contributed by atoms with E-state index in [1.54, 1.807) is 17.9 Å². The van der Waals surface area contributed by atoms with Crippen molar-refractivity contribution in [2.45, 2.75) is 52.7 Å². The fourth-order valence-electron chi connectivity index (χ4n) is 3.19. The number of guanidine groups is 1. The summed E-state index contributed by atoms with van der Waals surface area (Å²) >= 11 is 0. The number of nitrogens with one attached hydrogen (secondary N) is 2. The van der Waals surface area contributed by atoms with E-state index in [4.69, 9.17) is 9.15 Å². The molecular formula is C22H40IN5O4. The van der Waals surface area contributed by atoms with E-state index < -0.39 is 11.2 Å². The minimum atomic E-state index is -1.17. The quantitative estimate of drug-likeness (QED) is 0.265. The maximum absolute atomic E-state index is 12.2. The van der Waals surface area contributed by atoms with Crippen LogP contribution in [-0.2, 0) is 10.3 Å². The Bertz CT molecular complexity index is 737. The Hall–Kier alpha value is -1.53. The molecule has 0 bridgehead atoms. The van der Waals surface area contributed by atoms with Crippen LogP contribution < -0.4 is 10.6 Å². The van der Waals surface area contributed by atoms with E-state index in [1.807, 2.05) is 40.7 Å². The summed E-state index contributed by atoms with van der Waals surface area (Å²) in [6, 6.07) is 3.61. The molecule has 1 aromatic heterocycles. The Labute approximate surface area is 209 Å². The van der Waals surface area contributed by atoms with Crippen molar-refractivity contribution in [2.75, 3.05) is 52.4 Å². The Morgan fingerprint density at radius 1 is 1.19 bits per heavy atom. The number of aliphatic hydroxyl groups is 1. The summed E-state index contributed by atoms with van der Waals surface area (Å²) < 4.78 is 11.0. The highest BCUT2D eigenvalue weighted by Gasteiger charge is 2.27. The molecule has 0 aliphatic carbocycles. The minimum Gasteiger partial charge on any atom is -0.463 e. The predicted molar refractivity (Wildman–Crippen MR) is 137 cm³/mol. The summed E-state index contributed by atoms with van der Waals surface area (Å²) in [5.74, 6) is 1.92. The van der Waals surface area contributed by atoms with Gasteiger partial charge < -0.3 is 29.8 Å². The maximum Gasteiger partial charge on any atom is 0.410 e. The van der Waals surface area contributed by atoms with Gasteiger partial charge in [-0.25, -0.2) is 9.79 Å². The SMILES string of the molecule is CCNC(=NCC(C)(O)c1ccc(C)o1)NCCN1CCN(C(=O)OC(C)(C)C)CC1.I. The third kappa shape index (κ3) is 9.53. The van der Waals surface area contributed by atoms with E-state index in [9.17, 15) is 9.90 Å². The number of hydrogen-bond donors (Lipinski definition) is 3. The van der Waals surface area contributed by atoms with Gasteiger partial charge in [0.2, 0.25) is 0 Å². The first-order valence-corrected chi connectivity index (χ1v) is 11.0. The standard InChI is InChI=1S/C22H39N5O4.HI/c1-7-23-19(25-16-22(6,29)18-9-8-17(2)30-18)24-10-11-26-12-14-27(15-13-26)20(28)31-21(3,4)5;/h8-9,29H,7,10-16H2,1-6H3,(H2,23,24,25);1H. The molecule has 10 heteroatoms. The summed E-state index contributed by atoms with van der Waals surface area (Å²) in [4.78, 5) is 20.8. The molecule has 2 heterocycles. The van der Waals surface area contributed by atoms with Gasteiger partial charge in [-0.1, -0.05) is 0 Å². The fourth-order valence-corrected chi connectivity index (χ4v) is 3.19. The second-order valence-electron chi connectivity index (χ2n) is 9.12. The lowest BCUT2D eigenvalue weighted by atomic mass is 10.0. The number of nitrogens with zero attached hydrogens (tertiary/aromatic N) is 3. The number of amides is 1. The zero-order chi connectivity index (χ0) is 23.1. The van der Waals surface area contributed by atoms with Crippen molar-refractivity contribution in [1.29, 1.82) is 0 Å². The van der Waals surface area contributed by atoms with Crippen LogP contribution in [0.15, 0.2) is 21.5 Å². The molecule has 1 aromatic rings. The van der Waals surface area contributed by atoms with Gasteiger partial charge in [-0.2, -0.15) is 0 Å². The van der Waals surface area contributed by atoms with E-state index in [0.29, 0.717) is 31.4 Å². The van der Waals surface area contributed by atoms with Crippen LogP contribution in [0.5, 0.6) is 0 Å². The van der Waals surface area contributed by atoms with Crippen LogP contribution >= 0.6 is 24.0 Å². The third-order valence-corrected chi connectivity index (χ3v) is 4.90. The van der Waals surface area contributed by atoms with Crippen LogP contribution in [0.25, 0.3) is 0 Å². The normalized spacial score (nSPS) is 17.3. The lowest BCUT2D eigenvalue weighted by molar-refractivity contribution is 0.0147. The van der Waals surface area contributed by atoms with Crippen LogP contribution in [0, 0.1) is 6.92 Å². The number of ether oxygens (including phenoxy) is 1. The largest absolute Gasteiger partial charge is 0.463 e. The van der Waals surface area contributed by atoms with Crippen LogP contribution in [0.1, 0.15) is 46.1 Å². The number of piperazine rings is 1. The Morgan fingerprint density at radius 2 is 1.84 bits per heavy atom. The molecule has 184 valence electrons. The molecule has 3 N–H and O–H groups in total. The van der Waals surface area contributed by atoms with Gasteiger partial charge in [0.15, 0.2) is 5.96 Å². The van der Waals surface area contributed by atoms with Crippen molar-refractivity contribution in [3.8, 4) is 0 Å². The number of rotatable bonds is 7. The average Bonchev–Trinajstić information content (AvgIpc) is 3.13. The first-order chi connectivity index (χ1) is 14.5. The van der Waals surface area contributed by atoms with Gasteiger partial charge in [-0.05, 0) is 53.7 Å². The lowest BCUT2D eigenvalue weighted by Gasteiger charge is -2.35. The second-order valence-corrected chi connectivity index (χ2v) is 9.12. The molecule has 2 rings (SSSR count). The molecule has 1 aliphatic rings. The fraction of sp³-hybridized carbons (Fsp3) is 0.727. The molecule has 1 fully saturated rings. The monoisotopic (exact) mass is 565 g/mol. The zero-order valence-corrected chi connectivity index (χ0v) is 22.6. The Kier molecular flexibility index (Phi) is 11.3. The van der Waals surface area contributed by atoms with E-state index in [0.717, 1.165) is 31.9 Å². The molecule has 1 amide bonds. The van der Waals surface area contributed by atoms with Gasteiger partial charge in [-0.15, -0.1) is 24.0 Å². The highest BCUT2D eigenvalue weighted by atomic mass is 127. The van der Waals surface area contributed by atoms with Gasteiger partial charge >= 0.3 is 6.09 Å². The summed E-state index contributed by atoms with van der Waals surface area (Å²) in [5, 5.41) is 17.2. The highest BCUT2D eigenvalue weighted by Crippen LogP contribution is 2.23. The van der Waals surface area contributed by atoms with Crippen molar-refractivity contribution in [3.63, 3.8) is 0 Å². The van der Waals surface area contributed by atoms with Gasteiger partial charge in [0.05, 0.1) is 6.54 Å². The molecule has 0 radical (unpaired) electrons. The van der Waals surface area contributed by atoms with E-state index in [2.05, 4.69) is 20.5 Å². The van der Waals surface area contributed by atoms with Gasteiger partial charge in [0.1, 0.15) is 22.7 Å². The lowest BCUT2D eigenvalue weighted by Crippen LogP contribution is -2.51. The second kappa shape index (κ2) is 12.6. The van der Waals surface area contributed by atoms with Crippen molar-refractivity contribution in [2.24, 2.45) is 4.99 Å². The maximum atomic E-state index is 12.2. The van der Waals surface area contributed by atoms with Crippen molar-refractivity contribution in [3.05, 3.63) is 23.7 Å². The molecule has 9 nitrogen and oxygen atoms in total. The molecule has 0 aromatic carbocycles. The van der Waals surface area contributed by atoms with Crippen LogP contribution in [-0.4, -0.2) is 84.9 Å². The van der Waals surface area contributed by atoms with Gasteiger partial charge in [0.25, 0.3) is 0 Å². The number of aryl methyl sites for hydroxylation is 1. The summed E-state index contributed by atoms with van der Waals surface area (Å²) in [6.07, 6.45) is -0.245. The smallest absolute Gasteiger partial charge is 0.410 e. The molecule has 0 spiro atoms. The first kappa shape index (κ1) is 28.5. The summed E-state index contributed by atoms with van der Waals surface area (Å²) in [7, 11) is 0. The number of aliphatic imine (C=N–C) groups is 1. The Balaban J connectivity index is 0.00000512. The van der Waals surface area contributed by atoms with Crippen LogP contribution in [0.3, 0.4) is 0 Å². The van der Waals surface area contributed by atoms with Gasteiger partial charge in [0, 0.05) is 45.8 Å². The van der Waals surface area contributed by atoms with E-state index in [1.165, 1.54) is 0 Å². The van der Waals surface area contributed by atoms with Crippen LogP contribution in [0.2, 0.25) is 0 Å². The first-order valence-electron chi connectivity index (χ1n) is 11.0. The Morgan fingerprint density at radius 3 is 2.38 bits per heavy atom. The molecule has 32 heavy (non-hydrogen) atoms. The number of hydrogen-bond acceptors (Lipinski definition) is 6. The molecule has 1 saturated heterocycles. The average molecular weight is 565 g/mol. The molecule has 1 unspecified atom stereocenters. The number of furan rings is 1. The number of halogens is 1. The van der Waals surface area contributed by atoms with Crippen molar-refractivity contribution in [1.82, 2.24) is 20.4 Å². The van der Waals surface area contributed by atoms with Crippen molar-refractivity contribution >= 4 is 36.0 Å². The molecular weight excluding hydrogens is 525 g/mol. The molecule has 1 aliphatic heterocycles. The van der Waals surface area contributed by atoms with Crippen LogP contribution in [0.4, 0.5) is 4.79 Å².